The molecule has 4 heteroatoms. The van der Waals surface area contributed by atoms with Crippen molar-refractivity contribution in [3.63, 3.8) is 0 Å². The summed E-state index contributed by atoms with van der Waals surface area (Å²) < 4.78 is 16.8. The van der Waals surface area contributed by atoms with E-state index in [1.54, 1.807) is 14.2 Å². The first-order valence-electron chi connectivity index (χ1n) is 10.7. The predicted molar refractivity (Wildman–Crippen MR) is 117 cm³/mol. The number of hydrogen-bond acceptors (Lipinski definition) is 3. The highest BCUT2D eigenvalue weighted by atomic mass is 16.5. The average Bonchev–Trinajstić information content (AvgIpc) is 2.73. The fourth-order valence-electron chi connectivity index (χ4n) is 4.70. The molecule has 0 amide bonds. The number of quaternary nitrogens is 1. The SMILES string of the molecule is COc1ccc(CC[NH2+]CC[C@]2(c3ccccc3)CCOC(C)(C)C2)cc1OC. The molecule has 29 heavy (non-hydrogen) atoms. The quantitative estimate of drug-likeness (QED) is 0.655. The Morgan fingerprint density at radius 2 is 1.72 bits per heavy atom. The van der Waals surface area contributed by atoms with E-state index in [1.165, 1.54) is 17.5 Å². The third-order valence-corrected chi connectivity index (χ3v) is 6.14. The van der Waals surface area contributed by atoms with Crippen LogP contribution in [-0.2, 0) is 16.6 Å². The Morgan fingerprint density at radius 3 is 2.41 bits per heavy atom. The van der Waals surface area contributed by atoms with E-state index in [4.69, 9.17) is 14.2 Å². The molecule has 1 heterocycles. The highest BCUT2D eigenvalue weighted by Crippen LogP contribution is 2.43. The summed E-state index contributed by atoms with van der Waals surface area (Å²) in [6, 6.07) is 17.2. The maximum atomic E-state index is 6.04. The number of hydrogen-bond donors (Lipinski definition) is 1. The van der Waals surface area contributed by atoms with E-state index in [2.05, 4.69) is 61.6 Å². The molecule has 1 saturated heterocycles. The maximum absolute atomic E-state index is 6.04. The summed E-state index contributed by atoms with van der Waals surface area (Å²) in [7, 11) is 3.36. The first-order chi connectivity index (χ1) is 14.0. The van der Waals surface area contributed by atoms with Gasteiger partial charge in [0.2, 0.25) is 0 Å². The van der Waals surface area contributed by atoms with Gasteiger partial charge in [-0.05, 0) is 49.9 Å². The van der Waals surface area contributed by atoms with E-state index in [0.29, 0.717) is 0 Å². The van der Waals surface area contributed by atoms with Gasteiger partial charge in [0.1, 0.15) is 0 Å². The second-order valence-corrected chi connectivity index (χ2v) is 8.74. The van der Waals surface area contributed by atoms with E-state index < -0.39 is 0 Å². The standard InChI is InChI=1S/C25H35NO3/c1-24(2)19-25(14-17-29-24,21-8-6-5-7-9-21)13-16-26-15-12-20-10-11-22(27-3)23(18-20)28-4/h5-11,18,26H,12-17,19H2,1-4H3/p+1/t25-/m0/s1. The molecule has 2 aromatic rings. The van der Waals surface area contributed by atoms with Gasteiger partial charge in [-0.1, -0.05) is 36.4 Å². The fraction of sp³-hybridized carbons (Fsp3) is 0.520. The van der Waals surface area contributed by atoms with E-state index >= 15 is 0 Å². The second-order valence-electron chi connectivity index (χ2n) is 8.74. The smallest absolute Gasteiger partial charge is 0.160 e. The van der Waals surface area contributed by atoms with Crippen LogP contribution >= 0.6 is 0 Å². The van der Waals surface area contributed by atoms with Gasteiger partial charge in [0.15, 0.2) is 11.5 Å². The van der Waals surface area contributed by atoms with Crippen molar-refractivity contribution in [3.05, 3.63) is 59.7 Å². The van der Waals surface area contributed by atoms with Crippen LogP contribution in [-0.4, -0.2) is 39.5 Å². The minimum Gasteiger partial charge on any atom is -0.493 e. The fourth-order valence-corrected chi connectivity index (χ4v) is 4.70. The van der Waals surface area contributed by atoms with Gasteiger partial charge in [-0.15, -0.1) is 0 Å². The molecule has 3 rings (SSSR count). The van der Waals surface area contributed by atoms with Crippen molar-refractivity contribution in [1.82, 2.24) is 0 Å². The molecule has 158 valence electrons. The van der Waals surface area contributed by atoms with Gasteiger partial charge >= 0.3 is 0 Å². The Labute approximate surface area is 175 Å². The van der Waals surface area contributed by atoms with E-state index in [0.717, 1.165) is 50.5 Å². The molecular formula is C25H36NO3+. The van der Waals surface area contributed by atoms with Crippen molar-refractivity contribution < 1.29 is 19.5 Å². The van der Waals surface area contributed by atoms with Crippen LogP contribution < -0.4 is 14.8 Å². The molecule has 1 aliphatic heterocycles. The Hall–Kier alpha value is -2.04. The predicted octanol–water partition coefficient (Wildman–Crippen LogP) is 3.73. The van der Waals surface area contributed by atoms with E-state index in [-0.39, 0.29) is 11.0 Å². The summed E-state index contributed by atoms with van der Waals surface area (Å²) in [5.74, 6) is 1.59. The third kappa shape index (κ3) is 5.52. The summed E-state index contributed by atoms with van der Waals surface area (Å²) in [4.78, 5) is 0. The van der Waals surface area contributed by atoms with E-state index in [1.807, 2.05) is 6.07 Å². The summed E-state index contributed by atoms with van der Waals surface area (Å²) in [6.07, 6.45) is 4.38. The summed E-state index contributed by atoms with van der Waals surface area (Å²) >= 11 is 0. The van der Waals surface area contributed by atoms with Gasteiger partial charge in [0.05, 0.1) is 32.9 Å². The van der Waals surface area contributed by atoms with Crippen molar-refractivity contribution in [2.45, 2.75) is 50.5 Å². The molecular weight excluding hydrogens is 362 g/mol. The summed E-state index contributed by atoms with van der Waals surface area (Å²) in [5, 5.41) is 2.45. The lowest BCUT2D eigenvalue weighted by molar-refractivity contribution is -0.655. The van der Waals surface area contributed by atoms with Crippen LogP contribution in [0, 0.1) is 0 Å². The first-order valence-corrected chi connectivity index (χ1v) is 10.7. The largest absolute Gasteiger partial charge is 0.493 e. The molecule has 0 unspecified atom stereocenters. The summed E-state index contributed by atoms with van der Waals surface area (Å²) in [5.41, 5.74) is 2.89. The zero-order valence-electron chi connectivity index (χ0n) is 18.4. The number of rotatable bonds is 9. The van der Waals surface area contributed by atoms with Crippen molar-refractivity contribution in [3.8, 4) is 11.5 Å². The molecule has 0 spiro atoms. The number of ether oxygens (including phenoxy) is 3. The van der Waals surface area contributed by atoms with Gasteiger partial charge in [-0.3, -0.25) is 0 Å². The topological polar surface area (TPSA) is 44.3 Å². The van der Waals surface area contributed by atoms with Gasteiger partial charge in [0, 0.05) is 24.9 Å². The molecule has 0 aromatic heterocycles. The molecule has 1 aliphatic rings. The number of methoxy groups -OCH3 is 2. The first kappa shape index (κ1) is 21.7. The van der Waals surface area contributed by atoms with E-state index in [9.17, 15) is 0 Å². The third-order valence-electron chi connectivity index (χ3n) is 6.14. The monoisotopic (exact) mass is 398 g/mol. The molecule has 0 radical (unpaired) electrons. The lowest BCUT2D eigenvalue weighted by atomic mass is 9.67. The lowest BCUT2D eigenvalue weighted by Crippen LogP contribution is -2.85. The number of nitrogens with two attached hydrogens (primary N) is 1. The van der Waals surface area contributed by atoms with Gasteiger partial charge in [-0.25, -0.2) is 0 Å². The van der Waals surface area contributed by atoms with Gasteiger partial charge in [0.25, 0.3) is 0 Å². The molecule has 1 fully saturated rings. The van der Waals surface area contributed by atoms with Crippen LogP contribution in [0.3, 0.4) is 0 Å². The van der Waals surface area contributed by atoms with Crippen LogP contribution in [0.5, 0.6) is 11.5 Å². The Bertz CT molecular complexity index is 775. The molecule has 2 aromatic carbocycles. The Kier molecular flexibility index (Phi) is 7.20. The van der Waals surface area contributed by atoms with Crippen molar-refractivity contribution in [2.24, 2.45) is 0 Å². The Morgan fingerprint density at radius 1 is 0.966 bits per heavy atom. The normalized spacial score (nSPS) is 21.0. The lowest BCUT2D eigenvalue weighted by Gasteiger charge is -2.45. The second kappa shape index (κ2) is 9.64. The maximum Gasteiger partial charge on any atom is 0.160 e. The molecule has 4 nitrogen and oxygen atoms in total. The average molecular weight is 399 g/mol. The highest BCUT2D eigenvalue weighted by molar-refractivity contribution is 5.42. The van der Waals surface area contributed by atoms with Crippen molar-refractivity contribution in [1.29, 1.82) is 0 Å². The van der Waals surface area contributed by atoms with Crippen molar-refractivity contribution in [2.75, 3.05) is 33.9 Å². The summed E-state index contributed by atoms with van der Waals surface area (Å²) in [6.45, 7) is 7.49. The minimum absolute atomic E-state index is 0.0618. The highest BCUT2D eigenvalue weighted by Gasteiger charge is 2.42. The van der Waals surface area contributed by atoms with Crippen LogP contribution in [0.25, 0.3) is 0 Å². The molecule has 0 aliphatic carbocycles. The van der Waals surface area contributed by atoms with Crippen LogP contribution in [0.15, 0.2) is 48.5 Å². The van der Waals surface area contributed by atoms with Crippen LogP contribution in [0.4, 0.5) is 0 Å². The molecule has 1 atom stereocenters. The van der Waals surface area contributed by atoms with Gasteiger partial charge < -0.3 is 19.5 Å². The molecule has 2 N–H and O–H groups in total. The minimum atomic E-state index is -0.0618. The van der Waals surface area contributed by atoms with Gasteiger partial charge in [-0.2, -0.15) is 0 Å². The zero-order chi connectivity index (χ0) is 20.7. The zero-order valence-corrected chi connectivity index (χ0v) is 18.4. The Balaban J connectivity index is 1.57. The number of benzene rings is 2. The molecule has 0 bridgehead atoms. The van der Waals surface area contributed by atoms with Crippen molar-refractivity contribution >= 4 is 0 Å². The molecule has 0 saturated carbocycles. The van der Waals surface area contributed by atoms with Crippen LogP contribution in [0.1, 0.15) is 44.2 Å². The van der Waals surface area contributed by atoms with Crippen LogP contribution in [0.2, 0.25) is 0 Å².